The van der Waals surface area contributed by atoms with Crippen molar-refractivity contribution in [3.63, 3.8) is 0 Å². The number of nitrogens with zero attached hydrogens (tertiary/aromatic N) is 1. The van der Waals surface area contributed by atoms with Gasteiger partial charge in [-0.2, -0.15) is 5.26 Å². The van der Waals surface area contributed by atoms with Crippen LogP contribution in [0.4, 0.5) is 0 Å². The lowest BCUT2D eigenvalue weighted by atomic mass is 10.0. The molecule has 0 spiro atoms. The molecule has 3 nitrogen and oxygen atoms in total. The minimum atomic E-state index is 0.0281. The predicted molar refractivity (Wildman–Crippen MR) is 101 cm³/mol. The molecule has 0 aromatic heterocycles. The number of hydrogen-bond donors (Lipinski definition) is 0. The maximum Gasteiger partial charge on any atom is 0.175 e. The first-order valence-corrected chi connectivity index (χ1v) is 8.53. The molecule has 0 atom stereocenters. The van der Waals surface area contributed by atoms with E-state index >= 15 is 0 Å². The second-order valence-electron chi connectivity index (χ2n) is 5.38. The summed E-state index contributed by atoms with van der Waals surface area (Å²) in [5.74, 6) is 1.26. The fourth-order valence-electron chi connectivity index (χ4n) is 2.15. The van der Waals surface area contributed by atoms with Gasteiger partial charge in [0.25, 0.3) is 0 Å². The van der Waals surface area contributed by atoms with Crippen LogP contribution in [0.3, 0.4) is 0 Å². The average molecular weight is 407 g/mol. The van der Waals surface area contributed by atoms with E-state index in [2.05, 4.69) is 22.0 Å². The molecule has 0 N–H and O–H groups in total. The number of methoxy groups -OCH3 is 1. The first-order chi connectivity index (χ1) is 11.4. The Hall–Kier alpha value is -1.96. The van der Waals surface area contributed by atoms with Crippen LogP contribution in [0.15, 0.2) is 40.9 Å². The molecule has 0 saturated carbocycles. The zero-order valence-corrected chi connectivity index (χ0v) is 16.0. The van der Waals surface area contributed by atoms with Gasteiger partial charge in [-0.25, -0.2) is 0 Å². The number of nitriles is 1. The topological polar surface area (TPSA) is 42.2 Å². The molecule has 0 unspecified atom stereocenters. The second kappa shape index (κ2) is 8.23. The third-order valence-corrected chi connectivity index (χ3v) is 4.03. The van der Waals surface area contributed by atoms with Crippen LogP contribution in [0.1, 0.15) is 25.0 Å². The molecule has 0 bridgehead atoms. The normalized spacial score (nSPS) is 11.3. The van der Waals surface area contributed by atoms with Crippen LogP contribution in [0.2, 0.25) is 5.02 Å². The molecule has 2 aromatic rings. The van der Waals surface area contributed by atoms with Crippen LogP contribution in [-0.4, -0.2) is 13.2 Å². The summed E-state index contributed by atoms with van der Waals surface area (Å²) in [6.07, 6.45) is 1.83. The van der Waals surface area contributed by atoms with Crippen molar-refractivity contribution in [3.8, 4) is 17.6 Å². The van der Waals surface area contributed by atoms with Crippen LogP contribution < -0.4 is 9.47 Å². The smallest absolute Gasteiger partial charge is 0.175 e. The van der Waals surface area contributed by atoms with E-state index in [1.807, 2.05) is 38.1 Å². The van der Waals surface area contributed by atoms with Crippen molar-refractivity contribution in [1.29, 1.82) is 5.26 Å². The first kappa shape index (κ1) is 18.4. The molecule has 0 heterocycles. The number of rotatable bonds is 5. The molecular weight excluding hydrogens is 390 g/mol. The lowest BCUT2D eigenvalue weighted by Crippen LogP contribution is -2.07. The largest absolute Gasteiger partial charge is 0.493 e. The summed E-state index contributed by atoms with van der Waals surface area (Å²) >= 11 is 9.41. The maximum atomic E-state index is 9.46. The number of halogens is 2. The molecule has 0 radical (unpaired) electrons. The SMILES string of the molecule is COc1cc(C=C(C#N)c2ccc(Cl)cc2)cc(Br)c1OC(C)C. The molecule has 5 heteroatoms. The highest BCUT2D eigenvalue weighted by molar-refractivity contribution is 9.10. The monoisotopic (exact) mass is 405 g/mol. The minimum Gasteiger partial charge on any atom is -0.493 e. The van der Waals surface area contributed by atoms with E-state index in [-0.39, 0.29) is 6.10 Å². The van der Waals surface area contributed by atoms with Crippen LogP contribution >= 0.6 is 27.5 Å². The van der Waals surface area contributed by atoms with E-state index in [0.29, 0.717) is 22.1 Å². The lowest BCUT2D eigenvalue weighted by Gasteiger charge is -2.16. The van der Waals surface area contributed by atoms with Gasteiger partial charge in [-0.15, -0.1) is 0 Å². The van der Waals surface area contributed by atoms with Crippen LogP contribution in [-0.2, 0) is 0 Å². The van der Waals surface area contributed by atoms with Crippen molar-refractivity contribution < 1.29 is 9.47 Å². The number of ether oxygens (including phenoxy) is 2. The molecular formula is C19H17BrClNO2. The number of allylic oxidation sites excluding steroid dienone is 1. The van der Waals surface area contributed by atoms with Crippen LogP contribution in [0.5, 0.6) is 11.5 Å². The highest BCUT2D eigenvalue weighted by Crippen LogP contribution is 2.38. The van der Waals surface area contributed by atoms with Crippen molar-refractivity contribution in [2.75, 3.05) is 7.11 Å². The summed E-state index contributed by atoms with van der Waals surface area (Å²) in [7, 11) is 1.59. The van der Waals surface area contributed by atoms with Gasteiger partial charge in [0.1, 0.15) is 0 Å². The van der Waals surface area contributed by atoms with Crippen molar-refractivity contribution in [2.45, 2.75) is 20.0 Å². The van der Waals surface area contributed by atoms with Crippen molar-refractivity contribution in [2.24, 2.45) is 0 Å². The minimum absolute atomic E-state index is 0.0281. The Kier molecular flexibility index (Phi) is 6.30. The van der Waals surface area contributed by atoms with E-state index in [4.69, 9.17) is 21.1 Å². The van der Waals surface area contributed by atoms with Crippen molar-refractivity contribution in [1.82, 2.24) is 0 Å². The van der Waals surface area contributed by atoms with Gasteiger partial charge in [-0.05, 0) is 71.2 Å². The van der Waals surface area contributed by atoms with Crippen molar-refractivity contribution >= 4 is 39.2 Å². The molecule has 2 rings (SSSR count). The van der Waals surface area contributed by atoms with Gasteiger partial charge in [0, 0.05) is 5.02 Å². The molecule has 124 valence electrons. The van der Waals surface area contributed by atoms with Gasteiger partial charge < -0.3 is 9.47 Å². The zero-order chi connectivity index (χ0) is 17.7. The molecule has 24 heavy (non-hydrogen) atoms. The Balaban J connectivity index is 2.46. The van der Waals surface area contributed by atoms with E-state index in [1.165, 1.54) is 0 Å². The van der Waals surface area contributed by atoms with Crippen LogP contribution in [0.25, 0.3) is 11.6 Å². The Morgan fingerprint density at radius 3 is 2.46 bits per heavy atom. The average Bonchev–Trinajstić information content (AvgIpc) is 2.55. The van der Waals surface area contributed by atoms with Crippen LogP contribution in [0, 0.1) is 11.3 Å². The highest BCUT2D eigenvalue weighted by atomic mass is 79.9. The predicted octanol–water partition coefficient (Wildman–Crippen LogP) is 5.96. The molecule has 0 amide bonds. The van der Waals surface area contributed by atoms with Gasteiger partial charge in [-0.3, -0.25) is 0 Å². The first-order valence-electron chi connectivity index (χ1n) is 7.36. The summed E-state index contributed by atoms with van der Waals surface area (Å²) in [6, 6.07) is 13.1. The van der Waals surface area contributed by atoms with Gasteiger partial charge >= 0.3 is 0 Å². The Morgan fingerprint density at radius 1 is 1.25 bits per heavy atom. The Labute approximate surface area is 155 Å². The lowest BCUT2D eigenvalue weighted by molar-refractivity contribution is 0.228. The third-order valence-electron chi connectivity index (χ3n) is 3.19. The zero-order valence-electron chi connectivity index (χ0n) is 13.6. The third kappa shape index (κ3) is 4.53. The van der Waals surface area contributed by atoms with E-state index < -0.39 is 0 Å². The Morgan fingerprint density at radius 2 is 1.92 bits per heavy atom. The molecule has 2 aromatic carbocycles. The highest BCUT2D eigenvalue weighted by Gasteiger charge is 2.13. The number of hydrogen-bond acceptors (Lipinski definition) is 3. The molecule has 0 aliphatic carbocycles. The summed E-state index contributed by atoms with van der Waals surface area (Å²) < 4.78 is 12.0. The summed E-state index contributed by atoms with van der Waals surface area (Å²) in [6.45, 7) is 3.90. The Bertz CT molecular complexity index is 792. The molecule has 0 saturated heterocycles. The summed E-state index contributed by atoms with van der Waals surface area (Å²) in [5.41, 5.74) is 2.18. The van der Waals surface area contributed by atoms with E-state index in [9.17, 15) is 5.26 Å². The summed E-state index contributed by atoms with van der Waals surface area (Å²) in [4.78, 5) is 0. The molecule has 0 fully saturated rings. The standard InChI is InChI=1S/C19H17BrClNO2/c1-12(2)24-19-17(20)9-13(10-18(19)23-3)8-15(11-22)14-4-6-16(21)7-5-14/h4-10,12H,1-3H3. The van der Waals surface area contributed by atoms with Gasteiger partial charge in [-0.1, -0.05) is 23.7 Å². The van der Waals surface area contributed by atoms with Gasteiger partial charge in [0.15, 0.2) is 11.5 Å². The fourth-order valence-corrected chi connectivity index (χ4v) is 2.83. The van der Waals surface area contributed by atoms with E-state index in [0.717, 1.165) is 15.6 Å². The summed E-state index contributed by atoms with van der Waals surface area (Å²) in [5, 5.41) is 10.1. The molecule has 0 aliphatic rings. The van der Waals surface area contributed by atoms with Gasteiger partial charge in [0.05, 0.1) is 29.3 Å². The van der Waals surface area contributed by atoms with Gasteiger partial charge in [0.2, 0.25) is 0 Å². The fraction of sp³-hybridized carbons (Fsp3) is 0.211. The quantitative estimate of drug-likeness (QED) is 0.454. The maximum absolute atomic E-state index is 9.46. The van der Waals surface area contributed by atoms with E-state index in [1.54, 1.807) is 25.3 Å². The molecule has 0 aliphatic heterocycles. The number of benzene rings is 2. The second-order valence-corrected chi connectivity index (χ2v) is 6.67. The van der Waals surface area contributed by atoms with Crippen molar-refractivity contribution in [3.05, 3.63) is 57.0 Å².